The molecule has 0 heteroatoms. The van der Waals surface area contributed by atoms with E-state index in [2.05, 4.69) is 38.1 Å². The van der Waals surface area contributed by atoms with Crippen molar-refractivity contribution in [3.05, 3.63) is 35.4 Å². The maximum Gasteiger partial charge on any atom is -0.0162 e. The van der Waals surface area contributed by atoms with Crippen molar-refractivity contribution < 1.29 is 0 Å². The van der Waals surface area contributed by atoms with Crippen LogP contribution < -0.4 is 0 Å². The Morgan fingerprint density at radius 3 is 1.68 bits per heavy atom. The van der Waals surface area contributed by atoms with Crippen molar-refractivity contribution in [3.8, 4) is 0 Å². The molecule has 3 saturated carbocycles. The molecule has 0 amide bonds. The van der Waals surface area contributed by atoms with Gasteiger partial charge in [-0.3, -0.25) is 0 Å². The molecule has 0 unspecified atom stereocenters. The number of hydrogen-bond acceptors (Lipinski definition) is 0. The van der Waals surface area contributed by atoms with Crippen LogP contribution in [-0.2, 0) is 6.42 Å². The van der Waals surface area contributed by atoms with Crippen LogP contribution >= 0.6 is 0 Å². The molecule has 0 saturated heterocycles. The van der Waals surface area contributed by atoms with Crippen LogP contribution in [0, 0.1) is 29.6 Å². The standard InChI is InChI=1S/C28H44/c1-21-3-13-25(14-4-21)27-17-9-23(10-18-27)7-8-24-11-19-28(20-12-24)26-15-5-22(2)6-16-26/h9-10,17-18,21-22,24-26,28H,3-8,11-16,19-20H2,1-2H3. The van der Waals surface area contributed by atoms with E-state index in [-0.39, 0.29) is 0 Å². The van der Waals surface area contributed by atoms with Gasteiger partial charge in [0.15, 0.2) is 0 Å². The molecule has 0 heterocycles. The van der Waals surface area contributed by atoms with Gasteiger partial charge in [0.25, 0.3) is 0 Å². The highest BCUT2D eigenvalue weighted by atomic mass is 14.3. The Kier molecular flexibility index (Phi) is 7.18. The highest BCUT2D eigenvalue weighted by Crippen LogP contribution is 2.42. The first-order chi connectivity index (χ1) is 13.7. The first-order valence-corrected chi connectivity index (χ1v) is 12.8. The van der Waals surface area contributed by atoms with Crippen LogP contribution in [-0.4, -0.2) is 0 Å². The molecule has 156 valence electrons. The third kappa shape index (κ3) is 5.43. The average molecular weight is 381 g/mol. The van der Waals surface area contributed by atoms with Crippen LogP contribution in [0.15, 0.2) is 24.3 Å². The summed E-state index contributed by atoms with van der Waals surface area (Å²) in [5, 5.41) is 0. The lowest BCUT2D eigenvalue weighted by Crippen LogP contribution is -2.25. The first-order valence-electron chi connectivity index (χ1n) is 12.8. The molecule has 4 rings (SSSR count). The fourth-order valence-electron chi connectivity index (χ4n) is 6.63. The number of hydrogen-bond donors (Lipinski definition) is 0. The van der Waals surface area contributed by atoms with E-state index in [9.17, 15) is 0 Å². The predicted octanol–water partition coefficient (Wildman–Crippen LogP) is 8.55. The van der Waals surface area contributed by atoms with Crippen LogP contribution in [0.1, 0.15) is 114 Å². The summed E-state index contributed by atoms with van der Waals surface area (Å²) in [6, 6.07) is 9.80. The van der Waals surface area contributed by atoms with Gasteiger partial charge in [0.2, 0.25) is 0 Å². The zero-order valence-corrected chi connectivity index (χ0v) is 18.7. The van der Waals surface area contributed by atoms with Crippen LogP contribution in [0.5, 0.6) is 0 Å². The summed E-state index contributed by atoms with van der Waals surface area (Å²) in [6.45, 7) is 4.87. The van der Waals surface area contributed by atoms with Gasteiger partial charge in [-0.15, -0.1) is 0 Å². The van der Waals surface area contributed by atoms with E-state index in [1.807, 2.05) is 0 Å². The number of benzene rings is 1. The van der Waals surface area contributed by atoms with E-state index < -0.39 is 0 Å². The molecule has 1 aromatic rings. The lowest BCUT2D eigenvalue weighted by atomic mass is 9.69. The van der Waals surface area contributed by atoms with Crippen molar-refractivity contribution in [3.63, 3.8) is 0 Å². The van der Waals surface area contributed by atoms with Crippen molar-refractivity contribution in [2.45, 2.75) is 110 Å². The summed E-state index contributed by atoms with van der Waals surface area (Å²) in [7, 11) is 0. The van der Waals surface area contributed by atoms with Gasteiger partial charge in [0.1, 0.15) is 0 Å². The van der Waals surface area contributed by atoms with Gasteiger partial charge in [0.05, 0.1) is 0 Å². The zero-order valence-electron chi connectivity index (χ0n) is 18.7. The molecule has 3 fully saturated rings. The summed E-state index contributed by atoms with van der Waals surface area (Å²) >= 11 is 0. The Bertz CT molecular complexity index is 561. The van der Waals surface area contributed by atoms with E-state index in [0.717, 1.165) is 35.5 Å². The van der Waals surface area contributed by atoms with Crippen molar-refractivity contribution in [2.24, 2.45) is 29.6 Å². The Morgan fingerprint density at radius 2 is 1.11 bits per heavy atom. The Balaban J connectivity index is 1.18. The fraction of sp³-hybridized carbons (Fsp3) is 0.786. The van der Waals surface area contributed by atoms with Gasteiger partial charge in [-0.25, -0.2) is 0 Å². The van der Waals surface area contributed by atoms with Crippen LogP contribution in [0.4, 0.5) is 0 Å². The van der Waals surface area contributed by atoms with Crippen molar-refractivity contribution in [1.29, 1.82) is 0 Å². The van der Waals surface area contributed by atoms with Crippen molar-refractivity contribution in [1.82, 2.24) is 0 Å². The lowest BCUT2D eigenvalue weighted by Gasteiger charge is -2.37. The summed E-state index contributed by atoms with van der Waals surface area (Å²) in [4.78, 5) is 0. The molecule has 0 aromatic heterocycles. The fourth-order valence-corrected chi connectivity index (χ4v) is 6.63. The van der Waals surface area contributed by atoms with Crippen LogP contribution in [0.3, 0.4) is 0 Å². The number of rotatable bonds is 5. The average Bonchev–Trinajstić information content (AvgIpc) is 2.74. The zero-order chi connectivity index (χ0) is 19.3. The molecule has 0 atom stereocenters. The second-order valence-corrected chi connectivity index (χ2v) is 11.0. The third-order valence-corrected chi connectivity index (χ3v) is 8.93. The van der Waals surface area contributed by atoms with Crippen LogP contribution in [0.2, 0.25) is 0 Å². The predicted molar refractivity (Wildman–Crippen MR) is 122 cm³/mol. The second-order valence-electron chi connectivity index (χ2n) is 11.0. The maximum atomic E-state index is 2.46. The summed E-state index contributed by atoms with van der Waals surface area (Å²) in [6.07, 6.45) is 20.5. The summed E-state index contributed by atoms with van der Waals surface area (Å²) < 4.78 is 0. The Labute approximate surface area is 174 Å². The molecule has 28 heavy (non-hydrogen) atoms. The molecule has 3 aliphatic carbocycles. The van der Waals surface area contributed by atoms with Gasteiger partial charge < -0.3 is 0 Å². The van der Waals surface area contributed by atoms with Gasteiger partial charge in [0, 0.05) is 0 Å². The highest BCUT2D eigenvalue weighted by molar-refractivity contribution is 5.26. The Hall–Kier alpha value is -0.780. The molecule has 0 bridgehead atoms. The van der Waals surface area contributed by atoms with Gasteiger partial charge >= 0.3 is 0 Å². The SMILES string of the molecule is CC1CCC(c2ccc(CCC3CCC(C4CCC(C)CC4)CC3)cc2)CC1. The minimum atomic E-state index is 0.836. The molecule has 0 spiro atoms. The molecule has 0 aliphatic heterocycles. The van der Waals surface area contributed by atoms with E-state index in [0.29, 0.717) is 0 Å². The summed E-state index contributed by atoms with van der Waals surface area (Å²) in [5.41, 5.74) is 3.19. The molecule has 0 radical (unpaired) electrons. The summed E-state index contributed by atoms with van der Waals surface area (Å²) in [5.74, 6) is 5.93. The molecule has 1 aromatic carbocycles. The quantitative estimate of drug-likeness (QED) is 0.480. The van der Waals surface area contributed by atoms with E-state index in [4.69, 9.17) is 0 Å². The largest absolute Gasteiger partial charge is 0.0625 e. The Morgan fingerprint density at radius 1 is 0.607 bits per heavy atom. The molecular weight excluding hydrogens is 336 g/mol. The molecular formula is C28H44. The number of aryl methyl sites for hydroxylation is 1. The minimum absolute atomic E-state index is 0.836. The molecule has 0 nitrogen and oxygen atoms in total. The van der Waals surface area contributed by atoms with E-state index >= 15 is 0 Å². The molecule has 0 N–H and O–H groups in total. The van der Waals surface area contributed by atoms with Crippen LogP contribution in [0.25, 0.3) is 0 Å². The second kappa shape index (κ2) is 9.82. The van der Waals surface area contributed by atoms with Gasteiger partial charge in [-0.05, 0) is 98.0 Å². The smallest absolute Gasteiger partial charge is 0.0162 e. The molecule has 3 aliphatic rings. The normalized spacial score (nSPS) is 36.9. The lowest BCUT2D eigenvalue weighted by molar-refractivity contribution is 0.148. The monoisotopic (exact) mass is 380 g/mol. The first kappa shape index (κ1) is 20.5. The maximum absolute atomic E-state index is 2.46. The van der Waals surface area contributed by atoms with Gasteiger partial charge in [-0.1, -0.05) is 76.6 Å². The highest BCUT2D eigenvalue weighted by Gasteiger charge is 2.29. The van der Waals surface area contributed by atoms with Crippen molar-refractivity contribution >= 4 is 0 Å². The van der Waals surface area contributed by atoms with Gasteiger partial charge in [-0.2, -0.15) is 0 Å². The topological polar surface area (TPSA) is 0 Å². The van der Waals surface area contributed by atoms with E-state index in [1.165, 1.54) is 89.9 Å². The third-order valence-electron chi connectivity index (χ3n) is 8.93. The minimum Gasteiger partial charge on any atom is -0.0625 e. The van der Waals surface area contributed by atoms with E-state index in [1.54, 1.807) is 11.1 Å². The van der Waals surface area contributed by atoms with Crippen molar-refractivity contribution in [2.75, 3.05) is 0 Å².